The second kappa shape index (κ2) is 11.8. The third-order valence-corrected chi connectivity index (χ3v) is 7.57. The van der Waals surface area contributed by atoms with Crippen molar-refractivity contribution in [3.05, 3.63) is 117 Å². The Morgan fingerprint density at radius 2 is 1.58 bits per heavy atom. The van der Waals surface area contributed by atoms with Gasteiger partial charge >= 0.3 is 0 Å². The molecule has 1 aliphatic rings. The van der Waals surface area contributed by atoms with Gasteiger partial charge in [0.15, 0.2) is 0 Å². The Morgan fingerprint density at radius 3 is 2.26 bits per heavy atom. The number of aromatic nitrogens is 1. The SMILES string of the molecule is Cc1cc(/C=N/NC(=O)c2ccc(CN3CCN(c4ccccc4)CC3)cc2)c(C)n1-c1ccc(Br)cc1. The summed E-state index contributed by atoms with van der Waals surface area (Å²) in [5.41, 5.74) is 9.99. The van der Waals surface area contributed by atoms with Crippen molar-refractivity contribution in [3.8, 4) is 5.69 Å². The summed E-state index contributed by atoms with van der Waals surface area (Å²) in [6.45, 7) is 9.09. The molecule has 1 saturated heterocycles. The number of rotatable bonds is 7. The van der Waals surface area contributed by atoms with Crippen LogP contribution in [0.5, 0.6) is 0 Å². The van der Waals surface area contributed by atoms with E-state index >= 15 is 0 Å². The van der Waals surface area contributed by atoms with E-state index in [1.54, 1.807) is 6.21 Å². The third-order valence-electron chi connectivity index (χ3n) is 7.04. The highest BCUT2D eigenvalue weighted by Crippen LogP contribution is 2.22. The molecule has 2 heterocycles. The van der Waals surface area contributed by atoms with Gasteiger partial charge in [0.2, 0.25) is 0 Å². The quantitative estimate of drug-likeness (QED) is 0.221. The molecule has 0 bridgehead atoms. The minimum atomic E-state index is -0.217. The number of hydrogen-bond acceptors (Lipinski definition) is 4. The largest absolute Gasteiger partial charge is 0.369 e. The van der Waals surface area contributed by atoms with Crippen LogP contribution in [0.1, 0.15) is 32.9 Å². The highest BCUT2D eigenvalue weighted by molar-refractivity contribution is 9.10. The van der Waals surface area contributed by atoms with Gasteiger partial charge in [-0.15, -0.1) is 0 Å². The fourth-order valence-electron chi connectivity index (χ4n) is 4.95. The van der Waals surface area contributed by atoms with Gasteiger partial charge in [-0.3, -0.25) is 9.69 Å². The number of amides is 1. The molecule has 5 rings (SSSR count). The van der Waals surface area contributed by atoms with Gasteiger partial charge in [-0.05, 0) is 74.0 Å². The molecule has 6 nitrogen and oxygen atoms in total. The van der Waals surface area contributed by atoms with Gasteiger partial charge in [0.1, 0.15) is 0 Å². The molecule has 1 fully saturated rings. The van der Waals surface area contributed by atoms with Gasteiger partial charge in [-0.2, -0.15) is 5.10 Å². The van der Waals surface area contributed by atoms with Crippen LogP contribution in [0.15, 0.2) is 94.5 Å². The highest BCUT2D eigenvalue weighted by Gasteiger charge is 2.17. The first-order valence-corrected chi connectivity index (χ1v) is 13.7. The number of nitrogens with one attached hydrogen (secondary N) is 1. The first-order chi connectivity index (χ1) is 18.5. The Kier molecular flexibility index (Phi) is 8.05. The van der Waals surface area contributed by atoms with Crippen LogP contribution in [0.3, 0.4) is 0 Å². The van der Waals surface area contributed by atoms with Crippen molar-refractivity contribution in [2.75, 3.05) is 31.1 Å². The third kappa shape index (κ3) is 6.06. The number of aryl methyl sites for hydroxylation is 1. The minimum Gasteiger partial charge on any atom is -0.369 e. The molecule has 1 aliphatic heterocycles. The van der Waals surface area contributed by atoms with Gasteiger partial charge in [0, 0.05) is 71.1 Å². The minimum absolute atomic E-state index is 0.217. The Balaban J connectivity index is 1.14. The zero-order valence-corrected chi connectivity index (χ0v) is 23.4. The molecule has 0 unspecified atom stereocenters. The maximum atomic E-state index is 12.7. The average molecular weight is 571 g/mol. The normalized spacial score (nSPS) is 14.2. The second-order valence-corrected chi connectivity index (χ2v) is 10.5. The Morgan fingerprint density at radius 1 is 0.895 bits per heavy atom. The van der Waals surface area contributed by atoms with Crippen LogP contribution in [-0.2, 0) is 6.54 Å². The molecule has 0 aliphatic carbocycles. The molecule has 3 aromatic carbocycles. The Hall–Kier alpha value is -3.68. The van der Waals surface area contributed by atoms with E-state index in [2.05, 4.69) is 103 Å². The Bertz CT molecular complexity index is 1400. The van der Waals surface area contributed by atoms with E-state index in [9.17, 15) is 4.79 Å². The second-order valence-electron chi connectivity index (χ2n) is 9.63. The van der Waals surface area contributed by atoms with E-state index in [-0.39, 0.29) is 5.91 Å². The van der Waals surface area contributed by atoms with E-state index in [1.165, 1.54) is 11.3 Å². The van der Waals surface area contributed by atoms with Crippen molar-refractivity contribution in [2.45, 2.75) is 20.4 Å². The number of hydrazone groups is 1. The van der Waals surface area contributed by atoms with E-state index in [0.29, 0.717) is 5.56 Å². The van der Waals surface area contributed by atoms with Crippen molar-refractivity contribution < 1.29 is 4.79 Å². The van der Waals surface area contributed by atoms with E-state index in [1.807, 2.05) is 36.4 Å². The molecule has 1 amide bonds. The lowest BCUT2D eigenvalue weighted by Gasteiger charge is -2.36. The van der Waals surface area contributed by atoms with Crippen molar-refractivity contribution in [3.63, 3.8) is 0 Å². The fourth-order valence-corrected chi connectivity index (χ4v) is 5.22. The number of para-hydroxylation sites is 1. The number of hydrogen-bond donors (Lipinski definition) is 1. The molecule has 7 heteroatoms. The first kappa shape index (κ1) is 25.9. The lowest BCUT2D eigenvalue weighted by Crippen LogP contribution is -2.45. The molecule has 0 atom stereocenters. The van der Waals surface area contributed by atoms with Crippen molar-refractivity contribution in [2.24, 2.45) is 5.10 Å². The summed E-state index contributed by atoms with van der Waals surface area (Å²) < 4.78 is 3.22. The molecule has 0 radical (unpaired) electrons. The Labute approximate surface area is 232 Å². The van der Waals surface area contributed by atoms with Gasteiger partial charge in [0.05, 0.1) is 6.21 Å². The number of benzene rings is 3. The lowest BCUT2D eigenvalue weighted by molar-refractivity contribution is 0.0955. The average Bonchev–Trinajstić information content (AvgIpc) is 3.23. The summed E-state index contributed by atoms with van der Waals surface area (Å²) in [5.74, 6) is -0.217. The number of carbonyl (C=O) groups excluding carboxylic acids is 1. The van der Waals surface area contributed by atoms with Crippen molar-refractivity contribution >= 4 is 33.7 Å². The highest BCUT2D eigenvalue weighted by atomic mass is 79.9. The number of halogens is 1. The monoisotopic (exact) mass is 569 g/mol. The van der Waals surface area contributed by atoms with Crippen LogP contribution >= 0.6 is 15.9 Å². The van der Waals surface area contributed by atoms with Gasteiger partial charge < -0.3 is 9.47 Å². The molecule has 0 spiro atoms. The summed E-state index contributed by atoms with van der Waals surface area (Å²) in [4.78, 5) is 17.6. The predicted molar refractivity (Wildman–Crippen MR) is 158 cm³/mol. The van der Waals surface area contributed by atoms with Crippen LogP contribution in [0.4, 0.5) is 5.69 Å². The van der Waals surface area contributed by atoms with E-state index in [0.717, 1.165) is 59.8 Å². The van der Waals surface area contributed by atoms with Gasteiger partial charge in [0.25, 0.3) is 5.91 Å². The van der Waals surface area contributed by atoms with Gasteiger partial charge in [-0.25, -0.2) is 5.43 Å². The molecule has 1 N–H and O–H groups in total. The smallest absolute Gasteiger partial charge is 0.271 e. The van der Waals surface area contributed by atoms with E-state index < -0.39 is 0 Å². The van der Waals surface area contributed by atoms with Crippen LogP contribution in [0.25, 0.3) is 5.69 Å². The van der Waals surface area contributed by atoms with Crippen LogP contribution in [0.2, 0.25) is 0 Å². The van der Waals surface area contributed by atoms with Crippen LogP contribution in [-0.4, -0.2) is 47.8 Å². The van der Waals surface area contributed by atoms with Crippen molar-refractivity contribution in [1.82, 2.24) is 14.9 Å². The van der Waals surface area contributed by atoms with E-state index in [4.69, 9.17) is 0 Å². The molecule has 194 valence electrons. The summed E-state index contributed by atoms with van der Waals surface area (Å²) in [6, 6.07) is 28.7. The summed E-state index contributed by atoms with van der Waals surface area (Å²) in [6.07, 6.45) is 1.71. The topological polar surface area (TPSA) is 52.9 Å². The maximum absolute atomic E-state index is 12.7. The number of carbonyl (C=O) groups is 1. The fraction of sp³-hybridized carbons (Fsp3) is 0.226. The molecule has 0 saturated carbocycles. The van der Waals surface area contributed by atoms with Crippen LogP contribution in [0, 0.1) is 13.8 Å². The molecule has 4 aromatic rings. The molecule has 38 heavy (non-hydrogen) atoms. The zero-order chi connectivity index (χ0) is 26.5. The molecular weight excluding hydrogens is 538 g/mol. The summed E-state index contributed by atoms with van der Waals surface area (Å²) >= 11 is 3.49. The zero-order valence-electron chi connectivity index (χ0n) is 21.8. The number of nitrogens with zero attached hydrogens (tertiary/aromatic N) is 4. The summed E-state index contributed by atoms with van der Waals surface area (Å²) in [5, 5.41) is 4.23. The van der Waals surface area contributed by atoms with Crippen molar-refractivity contribution in [1.29, 1.82) is 0 Å². The molecular formula is C31H32BrN5O. The summed E-state index contributed by atoms with van der Waals surface area (Å²) in [7, 11) is 0. The standard InChI is InChI=1S/C31H32BrN5O/c1-23-20-27(24(2)37(23)30-14-12-28(32)13-15-30)21-33-34-31(38)26-10-8-25(9-11-26)22-35-16-18-36(19-17-35)29-6-4-3-5-7-29/h3-15,20-21H,16-19,22H2,1-2H3,(H,34,38)/b33-21+. The molecule has 1 aromatic heterocycles. The van der Waals surface area contributed by atoms with Crippen LogP contribution < -0.4 is 10.3 Å². The maximum Gasteiger partial charge on any atom is 0.271 e. The number of piperazine rings is 1. The lowest BCUT2D eigenvalue weighted by atomic mass is 10.1. The first-order valence-electron chi connectivity index (χ1n) is 12.9. The number of anilines is 1. The predicted octanol–water partition coefficient (Wildman–Crippen LogP) is 5.94. The van der Waals surface area contributed by atoms with Gasteiger partial charge in [-0.1, -0.05) is 46.3 Å².